The van der Waals surface area contributed by atoms with Crippen molar-refractivity contribution in [1.29, 1.82) is 5.26 Å². The van der Waals surface area contributed by atoms with E-state index >= 15 is 0 Å². The van der Waals surface area contributed by atoms with Gasteiger partial charge in [-0.25, -0.2) is 4.79 Å². The second kappa shape index (κ2) is 8.57. The number of quaternary nitrogens is 1. The van der Waals surface area contributed by atoms with Crippen LogP contribution in [0.4, 0.5) is 0 Å². The zero-order valence-electron chi connectivity index (χ0n) is 16.5. The molecule has 5 heterocycles. The lowest BCUT2D eigenvalue weighted by atomic mass is 9.82. The van der Waals surface area contributed by atoms with Gasteiger partial charge in [-0.05, 0) is 35.7 Å². The van der Waals surface area contributed by atoms with Crippen LogP contribution in [0, 0.1) is 17.2 Å². The highest BCUT2D eigenvalue weighted by Gasteiger charge is 2.51. The Morgan fingerprint density at radius 3 is 2.41 bits per heavy atom. The topological polar surface area (TPSA) is 70.3 Å². The fraction of sp³-hybridized carbons (Fsp3) is 0.545. The summed E-state index contributed by atoms with van der Waals surface area (Å²) in [7, 11) is 0. The number of nitriles is 1. The molecule has 0 aromatic carbocycles. The number of carbonyl (C=O) groups excluding carboxylic acids is 1. The Morgan fingerprint density at radius 1 is 1.21 bits per heavy atom. The SMILES string of the molecule is N#CCCCC[N+]12CCC(CC1)[C@@H](OC(=O)C(O)(c1cccs1)c1cccs1)C2. The Morgan fingerprint density at radius 2 is 1.86 bits per heavy atom. The molecular formula is C22H27N2O3S2+. The van der Waals surface area contributed by atoms with E-state index < -0.39 is 11.6 Å². The summed E-state index contributed by atoms with van der Waals surface area (Å²) >= 11 is 2.75. The standard InChI is InChI=1S/C22H27N2O3S2/c23-10-2-1-3-11-24-12-8-17(9-13-24)18(16-24)27-21(25)22(26,19-6-4-14-28-19)20-7-5-15-29-20/h4-7,14-15,17-18,26H,1-3,8-9,11-13,16H2/q+1/t17?,18-,24?/m0/s1. The second-order valence-electron chi connectivity index (χ2n) is 8.26. The Balaban J connectivity index is 1.49. The number of rotatable bonds is 8. The molecule has 5 rings (SSSR count). The van der Waals surface area contributed by atoms with Gasteiger partial charge in [0.25, 0.3) is 0 Å². The number of nitrogens with zero attached hydrogens (tertiary/aromatic N) is 2. The summed E-state index contributed by atoms with van der Waals surface area (Å²) in [5.41, 5.74) is -1.73. The quantitative estimate of drug-likeness (QED) is 0.391. The highest BCUT2D eigenvalue weighted by molar-refractivity contribution is 7.12. The van der Waals surface area contributed by atoms with Crippen LogP contribution in [-0.2, 0) is 15.1 Å². The molecule has 3 aliphatic rings. The van der Waals surface area contributed by atoms with Crippen molar-refractivity contribution in [2.24, 2.45) is 5.92 Å². The van der Waals surface area contributed by atoms with Crippen molar-refractivity contribution in [3.63, 3.8) is 0 Å². The van der Waals surface area contributed by atoms with Gasteiger partial charge in [-0.1, -0.05) is 12.1 Å². The molecule has 2 aromatic heterocycles. The molecule has 0 spiro atoms. The predicted molar refractivity (Wildman–Crippen MR) is 113 cm³/mol. The molecule has 1 atom stereocenters. The van der Waals surface area contributed by atoms with Crippen LogP contribution in [0.5, 0.6) is 0 Å². The van der Waals surface area contributed by atoms with Gasteiger partial charge in [0.2, 0.25) is 5.60 Å². The lowest BCUT2D eigenvalue weighted by molar-refractivity contribution is -0.946. The Hall–Kier alpha value is -1.72. The van der Waals surface area contributed by atoms with Gasteiger partial charge in [0.1, 0.15) is 6.54 Å². The molecule has 7 heteroatoms. The molecule has 3 aliphatic heterocycles. The largest absolute Gasteiger partial charge is 0.453 e. The maximum Gasteiger partial charge on any atom is 0.349 e. The van der Waals surface area contributed by atoms with Crippen LogP contribution in [0.1, 0.15) is 41.9 Å². The van der Waals surface area contributed by atoms with Gasteiger partial charge >= 0.3 is 5.97 Å². The number of thiophene rings is 2. The second-order valence-corrected chi connectivity index (χ2v) is 10.2. The number of unbranched alkanes of at least 4 members (excludes halogenated alkanes) is 2. The average molecular weight is 432 g/mol. The molecule has 2 aromatic rings. The van der Waals surface area contributed by atoms with Gasteiger partial charge < -0.3 is 14.3 Å². The Kier molecular flexibility index (Phi) is 6.07. The van der Waals surface area contributed by atoms with E-state index in [4.69, 9.17) is 10.00 Å². The number of carbonyl (C=O) groups is 1. The molecule has 0 saturated carbocycles. The van der Waals surface area contributed by atoms with Crippen LogP contribution >= 0.6 is 22.7 Å². The summed E-state index contributed by atoms with van der Waals surface area (Å²) < 4.78 is 7.03. The average Bonchev–Trinajstić information content (AvgIpc) is 3.46. The summed E-state index contributed by atoms with van der Waals surface area (Å²) in [6.07, 6.45) is 4.55. The zero-order valence-corrected chi connectivity index (χ0v) is 18.1. The summed E-state index contributed by atoms with van der Waals surface area (Å²) in [5, 5.41) is 24.0. The van der Waals surface area contributed by atoms with E-state index in [2.05, 4.69) is 6.07 Å². The molecular weight excluding hydrogens is 404 g/mol. The number of hydrogen-bond acceptors (Lipinski definition) is 6. The maximum absolute atomic E-state index is 13.3. The van der Waals surface area contributed by atoms with Crippen LogP contribution in [0.3, 0.4) is 0 Å². The molecule has 0 unspecified atom stereocenters. The van der Waals surface area contributed by atoms with Crippen molar-refractivity contribution in [1.82, 2.24) is 0 Å². The van der Waals surface area contributed by atoms with Gasteiger partial charge in [-0.3, -0.25) is 0 Å². The summed E-state index contributed by atoms with van der Waals surface area (Å²) in [4.78, 5) is 14.5. The van der Waals surface area contributed by atoms with E-state index in [1.54, 1.807) is 12.1 Å². The van der Waals surface area contributed by atoms with Gasteiger partial charge in [0.05, 0.1) is 35.5 Å². The first-order valence-electron chi connectivity index (χ1n) is 10.3. The van der Waals surface area contributed by atoms with Crippen molar-refractivity contribution in [2.45, 2.75) is 43.8 Å². The van der Waals surface area contributed by atoms with Crippen LogP contribution in [0.15, 0.2) is 35.0 Å². The number of aliphatic hydroxyl groups is 1. The minimum absolute atomic E-state index is 0.146. The highest BCUT2D eigenvalue weighted by Crippen LogP contribution is 2.40. The summed E-state index contributed by atoms with van der Waals surface area (Å²) in [6.45, 7) is 4.13. The van der Waals surface area contributed by atoms with Gasteiger partial charge in [-0.2, -0.15) is 5.26 Å². The zero-order chi connectivity index (χ0) is 20.3. The first-order chi connectivity index (χ1) is 14.1. The fourth-order valence-electron chi connectivity index (χ4n) is 4.83. The van der Waals surface area contributed by atoms with E-state index in [0.717, 1.165) is 56.3 Å². The van der Waals surface area contributed by atoms with E-state index in [-0.39, 0.29) is 6.10 Å². The third-order valence-electron chi connectivity index (χ3n) is 6.52. The number of esters is 1. The Labute approximate surface area is 179 Å². The third-order valence-corrected chi connectivity index (χ3v) is 8.48. The van der Waals surface area contributed by atoms with Crippen molar-refractivity contribution >= 4 is 28.6 Å². The van der Waals surface area contributed by atoms with Crippen molar-refractivity contribution in [3.05, 3.63) is 44.8 Å². The molecule has 3 fully saturated rings. The fourth-order valence-corrected chi connectivity index (χ4v) is 6.55. The van der Waals surface area contributed by atoms with Crippen LogP contribution in [0.25, 0.3) is 0 Å². The first kappa shape index (κ1) is 20.5. The van der Waals surface area contributed by atoms with Gasteiger partial charge in [-0.15, -0.1) is 22.7 Å². The molecule has 29 heavy (non-hydrogen) atoms. The Bertz CT molecular complexity index is 815. The molecule has 2 bridgehead atoms. The van der Waals surface area contributed by atoms with Crippen molar-refractivity contribution < 1.29 is 19.1 Å². The van der Waals surface area contributed by atoms with Crippen molar-refractivity contribution in [2.75, 3.05) is 26.2 Å². The molecule has 1 N–H and O–H groups in total. The number of ether oxygens (including phenoxy) is 1. The molecule has 3 saturated heterocycles. The monoisotopic (exact) mass is 431 g/mol. The molecule has 0 amide bonds. The summed E-state index contributed by atoms with van der Waals surface area (Å²) in [5.74, 6) is -0.169. The predicted octanol–water partition coefficient (Wildman–Crippen LogP) is 3.89. The maximum atomic E-state index is 13.3. The molecule has 5 nitrogen and oxygen atoms in total. The normalized spacial score (nSPS) is 26.2. The first-order valence-corrected chi connectivity index (χ1v) is 12.1. The molecule has 154 valence electrons. The number of fused-ring (bicyclic) bond motifs is 3. The lowest BCUT2D eigenvalue weighted by Crippen LogP contribution is -2.65. The lowest BCUT2D eigenvalue weighted by Gasteiger charge is -2.52. The van der Waals surface area contributed by atoms with Crippen LogP contribution in [0.2, 0.25) is 0 Å². The highest BCUT2D eigenvalue weighted by atomic mass is 32.1. The number of hydrogen-bond donors (Lipinski definition) is 1. The van der Waals surface area contributed by atoms with Gasteiger partial charge in [0, 0.05) is 25.2 Å². The number of piperidine rings is 3. The van der Waals surface area contributed by atoms with Crippen molar-refractivity contribution in [3.8, 4) is 6.07 Å². The van der Waals surface area contributed by atoms with Crippen LogP contribution in [-0.4, -0.2) is 47.8 Å². The van der Waals surface area contributed by atoms with Crippen LogP contribution < -0.4 is 0 Å². The van der Waals surface area contributed by atoms with E-state index in [0.29, 0.717) is 22.1 Å². The molecule has 0 radical (unpaired) electrons. The summed E-state index contributed by atoms with van der Waals surface area (Å²) in [6, 6.07) is 9.51. The molecule has 0 aliphatic carbocycles. The smallest absolute Gasteiger partial charge is 0.349 e. The van der Waals surface area contributed by atoms with E-state index in [9.17, 15) is 9.90 Å². The minimum atomic E-state index is -1.73. The van der Waals surface area contributed by atoms with Gasteiger partial charge in [0.15, 0.2) is 6.10 Å². The van der Waals surface area contributed by atoms with E-state index in [1.807, 2.05) is 22.9 Å². The third kappa shape index (κ3) is 3.99. The minimum Gasteiger partial charge on any atom is -0.453 e. The van der Waals surface area contributed by atoms with E-state index in [1.165, 1.54) is 22.7 Å².